The largest absolute Gasteiger partial charge is 0.354 e. The SMILES string of the molecule is CCCNc1ncc(C)c(-c2sccc2C)n1. The number of anilines is 1. The van der Waals surface area contributed by atoms with Gasteiger partial charge in [-0.3, -0.25) is 0 Å². The summed E-state index contributed by atoms with van der Waals surface area (Å²) in [4.78, 5) is 10.1. The molecule has 4 heteroatoms. The molecule has 0 aliphatic carbocycles. The number of thiophene rings is 1. The number of aryl methyl sites for hydroxylation is 2. The van der Waals surface area contributed by atoms with Gasteiger partial charge in [-0.05, 0) is 42.8 Å². The van der Waals surface area contributed by atoms with Gasteiger partial charge in [0.05, 0.1) is 10.6 Å². The molecule has 17 heavy (non-hydrogen) atoms. The Morgan fingerprint density at radius 3 is 2.76 bits per heavy atom. The molecule has 2 aromatic rings. The highest BCUT2D eigenvalue weighted by atomic mass is 32.1. The van der Waals surface area contributed by atoms with Crippen LogP contribution in [0.1, 0.15) is 24.5 Å². The van der Waals surface area contributed by atoms with Crippen LogP contribution in [-0.2, 0) is 0 Å². The van der Waals surface area contributed by atoms with Crippen molar-refractivity contribution in [3.8, 4) is 10.6 Å². The van der Waals surface area contributed by atoms with E-state index in [1.165, 1.54) is 10.4 Å². The first-order valence-corrected chi connectivity index (χ1v) is 6.72. The molecule has 0 aliphatic rings. The van der Waals surface area contributed by atoms with Crippen molar-refractivity contribution < 1.29 is 0 Å². The van der Waals surface area contributed by atoms with E-state index in [2.05, 4.69) is 47.5 Å². The Balaban J connectivity index is 2.36. The van der Waals surface area contributed by atoms with Crippen LogP contribution in [0.5, 0.6) is 0 Å². The summed E-state index contributed by atoms with van der Waals surface area (Å²) in [6, 6.07) is 2.13. The highest BCUT2D eigenvalue weighted by Crippen LogP contribution is 2.30. The molecule has 3 nitrogen and oxygen atoms in total. The van der Waals surface area contributed by atoms with Crippen LogP contribution in [0.2, 0.25) is 0 Å². The van der Waals surface area contributed by atoms with E-state index in [0.717, 1.165) is 30.2 Å². The maximum atomic E-state index is 4.60. The standard InChI is InChI=1S/C13H17N3S/c1-4-6-14-13-15-8-10(3)11(16-13)12-9(2)5-7-17-12/h5,7-8H,4,6H2,1-3H3,(H,14,15,16). The van der Waals surface area contributed by atoms with Gasteiger partial charge < -0.3 is 5.32 Å². The monoisotopic (exact) mass is 247 g/mol. The topological polar surface area (TPSA) is 37.8 Å². The van der Waals surface area contributed by atoms with E-state index in [-0.39, 0.29) is 0 Å². The van der Waals surface area contributed by atoms with Gasteiger partial charge >= 0.3 is 0 Å². The normalized spacial score (nSPS) is 10.5. The van der Waals surface area contributed by atoms with Crippen molar-refractivity contribution in [1.82, 2.24) is 9.97 Å². The zero-order valence-corrected chi connectivity index (χ0v) is 11.3. The highest BCUT2D eigenvalue weighted by Gasteiger charge is 2.09. The Morgan fingerprint density at radius 2 is 2.12 bits per heavy atom. The molecule has 0 unspecified atom stereocenters. The summed E-state index contributed by atoms with van der Waals surface area (Å²) in [5, 5.41) is 5.33. The Hall–Kier alpha value is -1.42. The molecule has 0 radical (unpaired) electrons. The summed E-state index contributed by atoms with van der Waals surface area (Å²) in [5.41, 5.74) is 3.45. The second kappa shape index (κ2) is 5.27. The van der Waals surface area contributed by atoms with Crippen LogP contribution in [0.15, 0.2) is 17.6 Å². The van der Waals surface area contributed by atoms with Gasteiger partial charge in [-0.25, -0.2) is 9.97 Å². The van der Waals surface area contributed by atoms with Crippen molar-refractivity contribution in [2.75, 3.05) is 11.9 Å². The van der Waals surface area contributed by atoms with Gasteiger partial charge in [-0.1, -0.05) is 6.92 Å². The summed E-state index contributed by atoms with van der Waals surface area (Å²) in [7, 11) is 0. The van der Waals surface area contributed by atoms with Crippen LogP contribution in [0.25, 0.3) is 10.6 Å². The third-order valence-electron chi connectivity index (χ3n) is 2.58. The van der Waals surface area contributed by atoms with Gasteiger partial charge in [0.2, 0.25) is 5.95 Å². The Labute approximate surface area is 106 Å². The Bertz CT molecular complexity index is 505. The van der Waals surface area contributed by atoms with Crippen LogP contribution in [0, 0.1) is 13.8 Å². The van der Waals surface area contributed by atoms with E-state index in [9.17, 15) is 0 Å². The van der Waals surface area contributed by atoms with E-state index >= 15 is 0 Å². The average Bonchev–Trinajstić information content (AvgIpc) is 2.74. The van der Waals surface area contributed by atoms with Crippen molar-refractivity contribution in [1.29, 1.82) is 0 Å². The lowest BCUT2D eigenvalue weighted by atomic mass is 10.2. The van der Waals surface area contributed by atoms with Crippen molar-refractivity contribution in [3.63, 3.8) is 0 Å². The summed E-state index contributed by atoms with van der Waals surface area (Å²) in [6.07, 6.45) is 2.96. The summed E-state index contributed by atoms with van der Waals surface area (Å²) in [6.45, 7) is 7.21. The second-order valence-electron chi connectivity index (χ2n) is 4.08. The smallest absolute Gasteiger partial charge is 0.223 e. The lowest BCUT2D eigenvalue weighted by Gasteiger charge is -2.07. The molecular weight excluding hydrogens is 230 g/mol. The number of rotatable bonds is 4. The van der Waals surface area contributed by atoms with Gasteiger partial charge in [-0.15, -0.1) is 11.3 Å². The number of nitrogens with one attached hydrogen (secondary N) is 1. The third-order valence-corrected chi connectivity index (χ3v) is 3.61. The molecule has 0 aromatic carbocycles. The lowest BCUT2D eigenvalue weighted by Crippen LogP contribution is -2.05. The van der Waals surface area contributed by atoms with Crippen molar-refractivity contribution >= 4 is 17.3 Å². The van der Waals surface area contributed by atoms with Crippen LogP contribution < -0.4 is 5.32 Å². The molecule has 0 atom stereocenters. The van der Waals surface area contributed by atoms with Gasteiger partial charge in [0.15, 0.2) is 0 Å². The molecule has 2 rings (SSSR count). The molecule has 0 bridgehead atoms. The molecule has 2 heterocycles. The molecule has 0 fully saturated rings. The first-order valence-electron chi connectivity index (χ1n) is 5.84. The van der Waals surface area contributed by atoms with Crippen LogP contribution in [-0.4, -0.2) is 16.5 Å². The number of nitrogens with zero attached hydrogens (tertiary/aromatic N) is 2. The van der Waals surface area contributed by atoms with Gasteiger partial charge in [-0.2, -0.15) is 0 Å². The van der Waals surface area contributed by atoms with Gasteiger partial charge in [0.25, 0.3) is 0 Å². The third kappa shape index (κ3) is 2.64. The molecule has 90 valence electrons. The molecule has 0 saturated carbocycles. The molecule has 0 amide bonds. The first kappa shape index (κ1) is 12.0. The fraction of sp³-hybridized carbons (Fsp3) is 0.385. The predicted molar refractivity (Wildman–Crippen MR) is 73.6 cm³/mol. The summed E-state index contributed by atoms with van der Waals surface area (Å²) in [5.74, 6) is 0.722. The van der Waals surface area contributed by atoms with E-state index in [4.69, 9.17) is 0 Å². The maximum Gasteiger partial charge on any atom is 0.223 e. The number of hydrogen-bond acceptors (Lipinski definition) is 4. The number of hydrogen-bond donors (Lipinski definition) is 1. The average molecular weight is 247 g/mol. The van der Waals surface area contributed by atoms with Crippen LogP contribution in [0.3, 0.4) is 0 Å². The quantitative estimate of drug-likeness (QED) is 0.896. The fourth-order valence-corrected chi connectivity index (χ4v) is 2.59. The highest BCUT2D eigenvalue weighted by molar-refractivity contribution is 7.13. The van der Waals surface area contributed by atoms with Crippen LogP contribution >= 0.6 is 11.3 Å². The maximum absolute atomic E-state index is 4.60. The minimum atomic E-state index is 0.722. The molecule has 0 saturated heterocycles. The molecule has 1 N–H and O–H groups in total. The number of aromatic nitrogens is 2. The van der Waals surface area contributed by atoms with E-state index in [1.54, 1.807) is 11.3 Å². The predicted octanol–water partition coefficient (Wildman–Crippen LogP) is 3.64. The van der Waals surface area contributed by atoms with Gasteiger partial charge in [0, 0.05) is 12.7 Å². The molecule has 0 spiro atoms. The lowest BCUT2D eigenvalue weighted by molar-refractivity contribution is 0.951. The molecule has 0 aliphatic heterocycles. The van der Waals surface area contributed by atoms with E-state index in [1.807, 2.05) is 6.20 Å². The van der Waals surface area contributed by atoms with Crippen LogP contribution in [0.4, 0.5) is 5.95 Å². The Kier molecular flexibility index (Phi) is 3.74. The molecule has 2 aromatic heterocycles. The molecular formula is C13H17N3S. The van der Waals surface area contributed by atoms with E-state index in [0.29, 0.717) is 0 Å². The summed E-state index contributed by atoms with van der Waals surface area (Å²) >= 11 is 1.73. The first-order chi connectivity index (χ1) is 8.22. The Morgan fingerprint density at radius 1 is 1.29 bits per heavy atom. The summed E-state index contributed by atoms with van der Waals surface area (Å²) < 4.78 is 0. The van der Waals surface area contributed by atoms with E-state index < -0.39 is 0 Å². The fourth-order valence-electron chi connectivity index (χ4n) is 1.61. The van der Waals surface area contributed by atoms with Crippen molar-refractivity contribution in [3.05, 3.63) is 28.8 Å². The zero-order chi connectivity index (χ0) is 12.3. The van der Waals surface area contributed by atoms with Crippen molar-refractivity contribution in [2.24, 2.45) is 0 Å². The minimum Gasteiger partial charge on any atom is -0.354 e. The zero-order valence-electron chi connectivity index (χ0n) is 10.4. The van der Waals surface area contributed by atoms with Crippen molar-refractivity contribution in [2.45, 2.75) is 27.2 Å². The minimum absolute atomic E-state index is 0.722. The van der Waals surface area contributed by atoms with Gasteiger partial charge in [0.1, 0.15) is 0 Å². The second-order valence-corrected chi connectivity index (χ2v) is 5.00.